The van der Waals surface area contributed by atoms with Gasteiger partial charge in [-0.15, -0.1) is 0 Å². The lowest BCUT2D eigenvalue weighted by molar-refractivity contribution is 0.201. The fraction of sp³-hybridized carbons (Fsp3) is 0.444. The van der Waals surface area contributed by atoms with E-state index in [9.17, 15) is 9.59 Å². The van der Waals surface area contributed by atoms with Crippen LogP contribution < -0.4 is 11.2 Å². The summed E-state index contributed by atoms with van der Waals surface area (Å²) in [5.41, 5.74) is -0.246. The molecule has 0 atom stereocenters. The Kier molecular flexibility index (Phi) is 2.61. The van der Waals surface area contributed by atoms with Crippen LogP contribution in [-0.4, -0.2) is 33.2 Å². The van der Waals surface area contributed by atoms with Crippen LogP contribution in [0.25, 0.3) is 11.2 Å². The zero-order valence-electron chi connectivity index (χ0n) is 9.03. The monoisotopic (exact) mass is 224 g/mol. The minimum atomic E-state index is -0.470. The smallest absolute Gasteiger partial charge is 0.329 e. The predicted molar refractivity (Wildman–Crippen MR) is 57.5 cm³/mol. The molecule has 7 heteroatoms. The van der Waals surface area contributed by atoms with Crippen molar-refractivity contribution >= 4 is 11.2 Å². The molecule has 0 aliphatic carbocycles. The van der Waals surface area contributed by atoms with Crippen LogP contribution in [0.2, 0.25) is 0 Å². The number of aromatic nitrogens is 4. The maximum atomic E-state index is 11.5. The number of rotatable bonds is 3. The number of aryl methyl sites for hydroxylation is 1. The van der Waals surface area contributed by atoms with Crippen LogP contribution in [0.4, 0.5) is 0 Å². The quantitative estimate of drug-likeness (QED) is 0.709. The molecule has 0 bridgehead atoms. The Hall–Kier alpha value is -1.89. The average Bonchev–Trinajstić information content (AvgIpc) is 2.68. The summed E-state index contributed by atoms with van der Waals surface area (Å²) in [5.74, 6) is 0.628. The molecular weight excluding hydrogens is 212 g/mol. The van der Waals surface area contributed by atoms with Crippen LogP contribution in [0.1, 0.15) is 5.82 Å². The summed E-state index contributed by atoms with van der Waals surface area (Å²) in [4.78, 5) is 32.0. The largest absolute Gasteiger partial charge is 0.384 e. The Balaban J connectivity index is 2.61. The van der Waals surface area contributed by atoms with Crippen LogP contribution in [0, 0.1) is 0 Å². The van der Waals surface area contributed by atoms with E-state index in [1.807, 2.05) is 0 Å². The number of aromatic amines is 2. The zero-order valence-corrected chi connectivity index (χ0v) is 9.03. The van der Waals surface area contributed by atoms with Gasteiger partial charge < -0.3 is 9.72 Å². The molecule has 0 aromatic carbocycles. The molecule has 2 heterocycles. The molecule has 2 aromatic rings. The fourth-order valence-corrected chi connectivity index (χ4v) is 1.47. The van der Waals surface area contributed by atoms with E-state index in [2.05, 4.69) is 15.0 Å². The number of nitrogens with zero attached hydrogens (tertiary/aromatic N) is 2. The summed E-state index contributed by atoms with van der Waals surface area (Å²) in [5, 5.41) is 0. The van der Waals surface area contributed by atoms with Gasteiger partial charge in [0.25, 0.3) is 5.56 Å². The van der Waals surface area contributed by atoms with E-state index >= 15 is 0 Å². The van der Waals surface area contributed by atoms with Crippen molar-refractivity contribution in [3.63, 3.8) is 0 Å². The third kappa shape index (κ3) is 1.65. The second kappa shape index (κ2) is 3.93. The van der Waals surface area contributed by atoms with E-state index in [-0.39, 0.29) is 0 Å². The molecule has 0 radical (unpaired) electrons. The Bertz CT molecular complexity index is 622. The van der Waals surface area contributed by atoms with Crippen LogP contribution in [0.5, 0.6) is 0 Å². The summed E-state index contributed by atoms with van der Waals surface area (Å²) in [6.45, 7) is 0.506. The van der Waals surface area contributed by atoms with E-state index in [0.29, 0.717) is 30.0 Å². The number of imidazole rings is 1. The highest BCUT2D eigenvalue weighted by molar-refractivity contribution is 5.69. The molecule has 0 spiro atoms. The number of methoxy groups -OCH3 is 1. The maximum absolute atomic E-state index is 11.5. The van der Waals surface area contributed by atoms with E-state index in [1.54, 1.807) is 14.2 Å². The molecule has 0 unspecified atom stereocenters. The number of H-pyrrole nitrogens is 2. The zero-order chi connectivity index (χ0) is 11.7. The molecule has 7 nitrogen and oxygen atoms in total. The number of ether oxygens (including phenoxy) is 1. The molecule has 0 saturated carbocycles. The molecule has 2 rings (SSSR count). The Morgan fingerprint density at radius 1 is 1.38 bits per heavy atom. The number of nitrogens with one attached hydrogen (secondary N) is 2. The van der Waals surface area contributed by atoms with Gasteiger partial charge in [0.15, 0.2) is 5.65 Å². The first-order chi connectivity index (χ1) is 7.63. The molecule has 0 aliphatic heterocycles. The molecule has 0 saturated heterocycles. The van der Waals surface area contributed by atoms with Gasteiger partial charge in [-0.1, -0.05) is 0 Å². The maximum Gasteiger partial charge on any atom is 0.329 e. The predicted octanol–water partition coefficient (Wildman–Crippen LogP) is -0.861. The van der Waals surface area contributed by atoms with Gasteiger partial charge in [-0.3, -0.25) is 14.3 Å². The second-order valence-corrected chi connectivity index (χ2v) is 3.44. The first-order valence-electron chi connectivity index (χ1n) is 4.80. The van der Waals surface area contributed by atoms with E-state index < -0.39 is 11.2 Å². The van der Waals surface area contributed by atoms with E-state index in [0.717, 1.165) is 0 Å². The normalized spacial score (nSPS) is 11.1. The van der Waals surface area contributed by atoms with Gasteiger partial charge in [-0.2, -0.15) is 0 Å². The van der Waals surface area contributed by atoms with Gasteiger partial charge >= 0.3 is 5.69 Å². The van der Waals surface area contributed by atoms with E-state index in [4.69, 9.17) is 4.74 Å². The minimum Gasteiger partial charge on any atom is -0.384 e. The van der Waals surface area contributed by atoms with Crippen LogP contribution >= 0.6 is 0 Å². The molecule has 0 amide bonds. The summed E-state index contributed by atoms with van der Waals surface area (Å²) in [7, 11) is 3.15. The summed E-state index contributed by atoms with van der Waals surface area (Å²) >= 11 is 0. The van der Waals surface area contributed by atoms with Crippen LogP contribution in [0.15, 0.2) is 9.59 Å². The van der Waals surface area contributed by atoms with Gasteiger partial charge in [0.1, 0.15) is 11.3 Å². The third-order valence-electron chi connectivity index (χ3n) is 2.35. The van der Waals surface area contributed by atoms with Crippen molar-refractivity contribution in [3.05, 3.63) is 26.7 Å². The highest BCUT2D eigenvalue weighted by atomic mass is 16.5. The van der Waals surface area contributed by atoms with Crippen LogP contribution in [0.3, 0.4) is 0 Å². The highest BCUT2D eigenvalue weighted by Gasteiger charge is 2.09. The molecule has 2 aromatic heterocycles. The van der Waals surface area contributed by atoms with Crippen molar-refractivity contribution < 1.29 is 4.74 Å². The molecule has 16 heavy (non-hydrogen) atoms. The molecule has 2 N–H and O–H groups in total. The SMILES string of the molecule is COCCc1nc2c([nH]1)c(=O)[nH]c(=O)n2C. The standard InChI is InChI=1S/C9H12N4O3/c1-13-7-6(8(14)12-9(13)15)10-5(11-7)3-4-16-2/h3-4H2,1-2H3,(H,10,11)(H,12,14,15). The van der Waals surface area contributed by atoms with Crippen molar-refractivity contribution in [2.24, 2.45) is 7.05 Å². The van der Waals surface area contributed by atoms with Crippen LogP contribution in [-0.2, 0) is 18.2 Å². The van der Waals surface area contributed by atoms with Gasteiger partial charge in [0.2, 0.25) is 0 Å². The summed E-state index contributed by atoms with van der Waals surface area (Å²) in [6, 6.07) is 0. The van der Waals surface area contributed by atoms with Crippen molar-refractivity contribution in [3.8, 4) is 0 Å². The number of hydrogen-bond donors (Lipinski definition) is 2. The van der Waals surface area contributed by atoms with Crippen molar-refractivity contribution in [2.45, 2.75) is 6.42 Å². The Labute approximate surface area is 90.1 Å². The summed E-state index contributed by atoms with van der Waals surface area (Å²) < 4.78 is 6.21. The Morgan fingerprint density at radius 2 is 2.12 bits per heavy atom. The third-order valence-corrected chi connectivity index (χ3v) is 2.35. The van der Waals surface area contributed by atoms with E-state index in [1.165, 1.54) is 4.57 Å². The lowest BCUT2D eigenvalue weighted by atomic mass is 10.4. The van der Waals surface area contributed by atoms with Gasteiger partial charge in [0, 0.05) is 20.6 Å². The number of fused-ring (bicyclic) bond motifs is 1. The lowest BCUT2D eigenvalue weighted by Crippen LogP contribution is -2.28. The van der Waals surface area contributed by atoms with Gasteiger partial charge in [-0.05, 0) is 0 Å². The van der Waals surface area contributed by atoms with Crippen molar-refractivity contribution in [1.82, 2.24) is 19.5 Å². The lowest BCUT2D eigenvalue weighted by Gasteiger charge is -1.94. The fourth-order valence-electron chi connectivity index (χ4n) is 1.47. The van der Waals surface area contributed by atoms with Crippen molar-refractivity contribution in [1.29, 1.82) is 0 Å². The number of hydrogen-bond acceptors (Lipinski definition) is 4. The van der Waals surface area contributed by atoms with Gasteiger partial charge in [0.05, 0.1) is 6.61 Å². The molecule has 86 valence electrons. The Morgan fingerprint density at radius 3 is 2.81 bits per heavy atom. The average molecular weight is 224 g/mol. The first-order valence-corrected chi connectivity index (χ1v) is 4.80. The molecule has 0 aliphatic rings. The minimum absolute atomic E-state index is 0.313. The van der Waals surface area contributed by atoms with Crippen molar-refractivity contribution in [2.75, 3.05) is 13.7 Å². The first kappa shape index (κ1) is 10.6. The summed E-state index contributed by atoms with van der Waals surface area (Å²) in [6.07, 6.45) is 0.568. The molecule has 0 fully saturated rings. The topological polar surface area (TPSA) is 92.8 Å². The highest BCUT2D eigenvalue weighted by Crippen LogP contribution is 2.03. The second-order valence-electron chi connectivity index (χ2n) is 3.44. The van der Waals surface area contributed by atoms with Gasteiger partial charge in [-0.25, -0.2) is 9.78 Å². The molecular formula is C9H12N4O3.